The average Bonchev–Trinajstić information content (AvgIpc) is 2.74. The standard InChI is InChI=1S/C12H21N5.ClH/c13-4-5-16-11-8-15-7-9(11)6-10-2-1-3-12(14)17-10;/h1-3,9,11,15-16H,4-8,13H2,(H2,14,17);1H/t9-,11+;/m0./s1. The zero-order chi connectivity index (χ0) is 12.1. The van der Waals surface area contributed by atoms with Gasteiger partial charge in [-0.2, -0.15) is 0 Å². The smallest absolute Gasteiger partial charge is 0.123 e. The van der Waals surface area contributed by atoms with Crippen LogP contribution in [0.2, 0.25) is 0 Å². The first kappa shape index (κ1) is 15.2. The minimum absolute atomic E-state index is 0. The van der Waals surface area contributed by atoms with E-state index >= 15 is 0 Å². The second kappa shape index (κ2) is 7.53. The third-order valence-corrected chi connectivity index (χ3v) is 3.19. The molecule has 0 amide bonds. The predicted octanol–water partition coefficient (Wildman–Crippen LogP) is -0.236. The van der Waals surface area contributed by atoms with Gasteiger partial charge in [0, 0.05) is 31.4 Å². The summed E-state index contributed by atoms with van der Waals surface area (Å²) in [6, 6.07) is 6.30. The molecule has 18 heavy (non-hydrogen) atoms. The number of halogens is 1. The summed E-state index contributed by atoms with van der Waals surface area (Å²) >= 11 is 0. The van der Waals surface area contributed by atoms with Crippen LogP contribution in [0.4, 0.5) is 5.82 Å². The molecule has 0 saturated carbocycles. The van der Waals surface area contributed by atoms with Crippen molar-refractivity contribution in [2.24, 2.45) is 11.7 Å². The molecule has 102 valence electrons. The van der Waals surface area contributed by atoms with E-state index < -0.39 is 0 Å². The lowest BCUT2D eigenvalue weighted by atomic mass is 9.97. The van der Waals surface area contributed by atoms with Crippen molar-refractivity contribution >= 4 is 18.2 Å². The Balaban J connectivity index is 0.00000162. The van der Waals surface area contributed by atoms with Gasteiger partial charge >= 0.3 is 0 Å². The number of hydrogen-bond acceptors (Lipinski definition) is 5. The van der Waals surface area contributed by atoms with E-state index in [9.17, 15) is 0 Å². The highest BCUT2D eigenvalue weighted by atomic mass is 35.5. The van der Waals surface area contributed by atoms with Crippen LogP contribution >= 0.6 is 12.4 Å². The monoisotopic (exact) mass is 271 g/mol. The molecule has 1 saturated heterocycles. The maximum atomic E-state index is 5.69. The third-order valence-electron chi connectivity index (χ3n) is 3.19. The van der Waals surface area contributed by atoms with Gasteiger partial charge in [0.05, 0.1) is 0 Å². The van der Waals surface area contributed by atoms with Crippen molar-refractivity contribution in [2.45, 2.75) is 12.5 Å². The molecule has 1 aromatic heterocycles. The first-order valence-electron chi connectivity index (χ1n) is 6.15. The molecule has 5 nitrogen and oxygen atoms in total. The summed E-state index contributed by atoms with van der Waals surface area (Å²) in [5, 5.41) is 6.87. The number of nitrogen functional groups attached to an aromatic ring is 1. The van der Waals surface area contributed by atoms with E-state index in [1.54, 1.807) is 0 Å². The Morgan fingerprint density at radius 3 is 2.94 bits per heavy atom. The van der Waals surface area contributed by atoms with Crippen molar-refractivity contribution in [1.82, 2.24) is 15.6 Å². The van der Waals surface area contributed by atoms with Crippen molar-refractivity contribution < 1.29 is 0 Å². The van der Waals surface area contributed by atoms with E-state index in [4.69, 9.17) is 11.5 Å². The first-order valence-corrected chi connectivity index (χ1v) is 6.15. The molecule has 0 aliphatic carbocycles. The van der Waals surface area contributed by atoms with Gasteiger partial charge < -0.3 is 22.1 Å². The van der Waals surface area contributed by atoms with E-state index in [0.717, 1.165) is 31.7 Å². The van der Waals surface area contributed by atoms with Crippen LogP contribution in [0.1, 0.15) is 5.69 Å². The van der Waals surface area contributed by atoms with Crippen molar-refractivity contribution in [1.29, 1.82) is 0 Å². The highest BCUT2D eigenvalue weighted by Gasteiger charge is 2.26. The van der Waals surface area contributed by atoms with Gasteiger partial charge in [-0.05, 0) is 31.0 Å². The minimum atomic E-state index is 0. The summed E-state index contributed by atoms with van der Waals surface area (Å²) in [5.74, 6) is 1.16. The van der Waals surface area contributed by atoms with Crippen LogP contribution in [0.25, 0.3) is 0 Å². The summed E-state index contributed by atoms with van der Waals surface area (Å²) in [4.78, 5) is 4.35. The van der Waals surface area contributed by atoms with Crippen molar-refractivity contribution in [3.63, 3.8) is 0 Å². The zero-order valence-corrected chi connectivity index (χ0v) is 11.2. The number of pyridine rings is 1. The van der Waals surface area contributed by atoms with Crippen LogP contribution in [0.3, 0.4) is 0 Å². The Morgan fingerprint density at radius 2 is 2.22 bits per heavy atom. The molecule has 2 atom stereocenters. The molecule has 0 aromatic carbocycles. The molecule has 1 aliphatic rings. The van der Waals surface area contributed by atoms with Crippen molar-refractivity contribution in [2.75, 3.05) is 31.9 Å². The molecule has 6 N–H and O–H groups in total. The molecular weight excluding hydrogens is 250 g/mol. The highest BCUT2D eigenvalue weighted by molar-refractivity contribution is 5.85. The Hall–Kier alpha value is -0.880. The molecule has 2 heterocycles. The molecule has 6 heteroatoms. The van der Waals surface area contributed by atoms with Crippen molar-refractivity contribution in [3.8, 4) is 0 Å². The molecule has 0 spiro atoms. The van der Waals surface area contributed by atoms with Crippen LogP contribution in [0, 0.1) is 5.92 Å². The van der Waals surface area contributed by atoms with Gasteiger partial charge in [0.25, 0.3) is 0 Å². The van der Waals surface area contributed by atoms with Gasteiger partial charge in [0.2, 0.25) is 0 Å². The van der Waals surface area contributed by atoms with Crippen LogP contribution in [-0.2, 0) is 6.42 Å². The normalized spacial score (nSPS) is 22.7. The fourth-order valence-corrected chi connectivity index (χ4v) is 2.34. The summed E-state index contributed by atoms with van der Waals surface area (Å²) < 4.78 is 0. The maximum Gasteiger partial charge on any atom is 0.123 e. The largest absolute Gasteiger partial charge is 0.384 e. The molecule has 0 unspecified atom stereocenters. The summed E-state index contributed by atoms with van der Waals surface area (Å²) in [6.07, 6.45) is 0.959. The average molecular weight is 272 g/mol. The van der Waals surface area contributed by atoms with E-state index in [2.05, 4.69) is 15.6 Å². The number of nitrogens with one attached hydrogen (secondary N) is 2. The van der Waals surface area contributed by atoms with Crippen molar-refractivity contribution in [3.05, 3.63) is 23.9 Å². The lowest BCUT2D eigenvalue weighted by Crippen LogP contribution is -2.39. The van der Waals surface area contributed by atoms with Gasteiger partial charge in [-0.15, -0.1) is 12.4 Å². The quantitative estimate of drug-likeness (QED) is 0.594. The van der Waals surface area contributed by atoms with E-state index in [0.29, 0.717) is 24.3 Å². The zero-order valence-electron chi connectivity index (χ0n) is 10.4. The van der Waals surface area contributed by atoms with Crippen LogP contribution < -0.4 is 22.1 Å². The number of aromatic nitrogens is 1. The molecule has 2 rings (SSSR count). The molecule has 0 bridgehead atoms. The Bertz CT molecular complexity index is 360. The maximum absolute atomic E-state index is 5.69. The van der Waals surface area contributed by atoms with Gasteiger partial charge in [0.15, 0.2) is 0 Å². The Kier molecular flexibility index (Phi) is 6.35. The SMILES string of the molecule is Cl.NCCN[C@@H]1CNC[C@@H]1Cc1cccc(N)n1. The molecular formula is C12H22ClN5. The summed E-state index contributed by atoms with van der Waals surface area (Å²) in [7, 11) is 0. The van der Waals surface area contributed by atoms with Gasteiger partial charge in [-0.25, -0.2) is 4.98 Å². The van der Waals surface area contributed by atoms with Crippen LogP contribution in [0.5, 0.6) is 0 Å². The number of nitrogens with zero attached hydrogens (tertiary/aromatic N) is 1. The number of anilines is 1. The molecule has 1 fully saturated rings. The number of nitrogens with two attached hydrogens (primary N) is 2. The van der Waals surface area contributed by atoms with E-state index in [-0.39, 0.29) is 12.4 Å². The molecule has 0 radical (unpaired) electrons. The molecule has 1 aliphatic heterocycles. The summed E-state index contributed by atoms with van der Waals surface area (Å²) in [6.45, 7) is 3.58. The van der Waals surface area contributed by atoms with Crippen LogP contribution in [0.15, 0.2) is 18.2 Å². The third kappa shape index (κ3) is 4.10. The highest BCUT2D eigenvalue weighted by Crippen LogP contribution is 2.15. The summed E-state index contributed by atoms with van der Waals surface area (Å²) in [5.41, 5.74) is 12.3. The van der Waals surface area contributed by atoms with E-state index in [1.165, 1.54) is 0 Å². The molecule has 1 aromatic rings. The van der Waals surface area contributed by atoms with Gasteiger partial charge in [0.1, 0.15) is 5.82 Å². The Morgan fingerprint density at radius 1 is 1.39 bits per heavy atom. The van der Waals surface area contributed by atoms with E-state index in [1.807, 2.05) is 18.2 Å². The minimum Gasteiger partial charge on any atom is -0.384 e. The number of rotatable bonds is 5. The van der Waals surface area contributed by atoms with Crippen LogP contribution in [-0.4, -0.2) is 37.2 Å². The number of hydrogen-bond donors (Lipinski definition) is 4. The second-order valence-electron chi connectivity index (χ2n) is 4.53. The Labute approximate surface area is 114 Å². The second-order valence-corrected chi connectivity index (χ2v) is 4.53. The fourth-order valence-electron chi connectivity index (χ4n) is 2.34. The first-order chi connectivity index (χ1) is 8.29. The van der Waals surface area contributed by atoms with Gasteiger partial charge in [-0.3, -0.25) is 0 Å². The lowest BCUT2D eigenvalue weighted by Gasteiger charge is -2.19. The predicted molar refractivity (Wildman–Crippen MR) is 76.8 cm³/mol. The van der Waals surface area contributed by atoms with Gasteiger partial charge in [-0.1, -0.05) is 6.07 Å². The lowest BCUT2D eigenvalue weighted by molar-refractivity contribution is 0.426. The fraction of sp³-hybridized carbons (Fsp3) is 0.583. The topological polar surface area (TPSA) is 89.0 Å².